The number of aryl methyl sites for hydroxylation is 1. The Balaban J connectivity index is 1.95. The van der Waals surface area contributed by atoms with Crippen molar-refractivity contribution in [1.82, 2.24) is 9.88 Å². The number of pyridine rings is 1. The molecule has 1 aliphatic carbocycles. The summed E-state index contributed by atoms with van der Waals surface area (Å²) in [6.07, 6.45) is 4.57. The minimum atomic E-state index is 0.740. The zero-order chi connectivity index (χ0) is 13.9. The Morgan fingerprint density at radius 3 is 3.00 bits per heavy atom. The summed E-state index contributed by atoms with van der Waals surface area (Å²) in [5.41, 5.74) is 11.7. The van der Waals surface area contributed by atoms with Crippen molar-refractivity contribution in [3.05, 3.63) is 21.7 Å². The Morgan fingerprint density at radius 2 is 2.15 bits per heavy atom. The lowest BCUT2D eigenvalue weighted by Crippen LogP contribution is -2.25. The smallest absolute Gasteiger partial charge is 0.126 e. The number of thiophene rings is 1. The summed E-state index contributed by atoms with van der Waals surface area (Å²) >= 11 is 1.86. The van der Waals surface area contributed by atoms with Gasteiger partial charge in [0.2, 0.25) is 0 Å². The number of aromatic nitrogens is 1. The molecule has 0 saturated carbocycles. The van der Waals surface area contributed by atoms with Crippen LogP contribution in [0.4, 0.5) is 5.69 Å². The number of rotatable bonds is 0. The number of likely N-dealkylation sites (N-methyl/N-ethyl adjacent to an activating group) is 1. The summed E-state index contributed by atoms with van der Waals surface area (Å²) in [5.74, 6) is 0.740. The zero-order valence-electron chi connectivity index (χ0n) is 12.2. The molecule has 106 valence electrons. The van der Waals surface area contributed by atoms with Crippen LogP contribution in [0.15, 0.2) is 0 Å². The highest BCUT2D eigenvalue weighted by molar-refractivity contribution is 7.19. The van der Waals surface area contributed by atoms with Gasteiger partial charge in [-0.25, -0.2) is 4.98 Å². The monoisotopic (exact) mass is 287 g/mol. The van der Waals surface area contributed by atoms with Crippen molar-refractivity contribution >= 4 is 27.2 Å². The van der Waals surface area contributed by atoms with Gasteiger partial charge < -0.3 is 10.6 Å². The summed E-state index contributed by atoms with van der Waals surface area (Å²) in [4.78, 5) is 10.00. The number of hydrogen-bond donors (Lipinski definition) is 1. The Labute approximate surface area is 123 Å². The van der Waals surface area contributed by atoms with E-state index in [0.717, 1.165) is 44.0 Å². The summed E-state index contributed by atoms with van der Waals surface area (Å²) < 4.78 is 0. The highest BCUT2D eigenvalue weighted by Crippen LogP contribution is 2.41. The predicted molar refractivity (Wildman–Crippen MR) is 85.3 cm³/mol. The van der Waals surface area contributed by atoms with Crippen LogP contribution in [-0.2, 0) is 25.8 Å². The number of nitrogens with zero attached hydrogens (tertiary/aromatic N) is 2. The molecule has 3 nitrogen and oxygen atoms in total. The summed E-state index contributed by atoms with van der Waals surface area (Å²) in [6.45, 7) is 4.51. The molecular weight excluding hydrogens is 266 g/mol. The highest BCUT2D eigenvalue weighted by Gasteiger charge is 2.26. The first kappa shape index (κ1) is 12.6. The largest absolute Gasteiger partial charge is 0.398 e. The maximum absolute atomic E-state index is 6.56. The van der Waals surface area contributed by atoms with Crippen LogP contribution in [-0.4, -0.2) is 23.5 Å². The second-order valence-electron chi connectivity index (χ2n) is 6.47. The molecule has 0 fully saturated rings. The molecule has 0 aromatic carbocycles. The Kier molecular flexibility index (Phi) is 2.79. The van der Waals surface area contributed by atoms with Gasteiger partial charge in [0.1, 0.15) is 4.83 Å². The van der Waals surface area contributed by atoms with Gasteiger partial charge in [-0.05, 0) is 49.8 Å². The Hall–Kier alpha value is -1.13. The summed E-state index contributed by atoms with van der Waals surface area (Å²) in [7, 11) is 2.19. The van der Waals surface area contributed by atoms with Crippen LogP contribution >= 0.6 is 11.3 Å². The molecule has 3 heterocycles. The van der Waals surface area contributed by atoms with Crippen molar-refractivity contribution in [2.45, 2.75) is 39.2 Å². The Bertz CT molecular complexity index is 689. The van der Waals surface area contributed by atoms with E-state index in [4.69, 9.17) is 10.7 Å². The highest BCUT2D eigenvalue weighted by atomic mass is 32.1. The van der Waals surface area contributed by atoms with E-state index in [-0.39, 0.29) is 0 Å². The van der Waals surface area contributed by atoms with Gasteiger partial charge in [-0.1, -0.05) is 6.92 Å². The SMILES string of the molecule is CC1CCc2nc3sc4c(c3c(N)c2C1)CCN(C)C4. The van der Waals surface area contributed by atoms with E-state index in [9.17, 15) is 0 Å². The normalized spacial score (nSPS) is 22.8. The maximum atomic E-state index is 6.56. The van der Waals surface area contributed by atoms with E-state index in [1.807, 2.05) is 11.3 Å². The van der Waals surface area contributed by atoms with Crippen LogP contribution < -0.4 is 5.73 Å². The van der Waals surface area contributed by atoms with Gasteiger partial charge in [0.25, 0.3) is 0 Å². The lowest BCUT2D eigenvalue weighted by Gasteiger charge is -2.24. The molecule has 1 atom stereocenters. The van der Waals surface area contributed by atoms with E-state index in [0.29, 0.717) is 0 Å². The van der Waals surface area contributed by atoms with Crippen molar-refractivity contribution in [2.75, 3.05) is 19.3 Å². The fourth-order valence-electron chi connectivity index (χ4n) is 3.64. The van der Waals surface area contributed by atoms with Crippen molar-refractivity contribution in [3.63, 3.8) is 0 Å². The number of anilines is 1. The molecule has 1 aliphatic heterocycles. The van der Waals surface area contributed by atoms with Gasteiger partial charge in [0.15, 0.2) is 0 Å². The molecule has 1 unspecified atom stereocenters. The van der Waals surface area contributed by atoms with Crippen LogP contribution in [0.3, 0.4) is 0 Å². The first-order chi connectivity index (χ1) is 9.63. The molecule has 0 bridgehead atoms. The number of hydrogen-bond acceptors (Lipinski definition) is 4. The van der Waals surface area contributed by atoms with Crippen LogP contribution in [0.1, 0.15) is 35.0 Å². The first-order valence-electron chi connectivity index (χ1n) is 7.53. The molecular formula is C16H21N3S. The first-order valence-corrected chi connectivity index (χ1v) is 8.35. The summed E-state index contributed by atoms with van der Waals surface area (Å²) in [6, 6.07) is 0. The van der Waals surface area contributed by atoms with E-state index in [1.165, 1.54) is 38.3 Å². The molecule has 4 rings (SSSR count). The molecule has 20 heavy (non-hydrogen) atoms. The molecule has 2 aromatic rings. The standard InChI is InChI=1S/C16H21N3S/c1-9-3-4-12-11(7-9)15(17)14-10-5-6-19(2)8-13(10)20-16(14)18-12/h9H,3-8H2,1-2H3,(H2,17,18). The van der Waals surface area contributed by atoms with Gasteiger partial charge in [-0.2, -0.15) is 0 Å². The molecule has 0 amide bonds. The van der Waals surface area contributed by atoms with Crippen LogP contribution in [0.25, 0.3) is 10.2 Å². The topological polar surface area (TPSA) is 42.1 Å². The third kappa shape index (κ3) is 1.78. The van der Waals surface area contributed by atoms with E-state index >= 15 is 0 Å². The predicted octanol–water partition coefficient (Wildman–Crippen LogP) is 2.99. The lowest BCUT2D eigenvalue weighted by atomic mass is 9.86. The van der Waals surface area contributed by atoms with Gasteiger partial charge >= 0.3 is 0 Å². The molecule has 2 N–H and O–H groups in total. The number of fused-ring (bicyclic) bond motifs is 4. The fraction of sp³-hybridized carbons (Fsp3) is 0.562. The average Bonchev–Trinajstić information content (AvgIpc) is 2.77. The number of nitrogen functional groups attached to an aromatic ring is 1. The third-order valence-electron chi connectivity index (χ3n) is 4.83. The maximum Gasteiger partial charge on any atom is 0.126 e. The fourth-order valence-corrected chi connectivity index (χ4v) is 4.97. The quantitative estimate of drug-likeness (QED) is 0.810. The second-order valence-corrected chi connectivity index (χ2v) is 7.55. The second kappa shape index (κ2) is 4.43. The van der Waals surface area contributed by atoms with E-state index in [2.05, 4.69) is 18.9 Å². The zero-order valence-corrected chi connectivity index (χ0v) is 13.0. The molecule has 2 aliphatic rings. The molecule has 2 aromatic heterocycles. The van der Waals surface area contributed by atoms with Crippen molar-refractivity contribution < 1.29 is 0 Å². The van der Waals surface area contributed by atoms with E-state index in [1.54, 1.807) is 0 Å². The summed E-state index contributed by atoms with van der Waals surface area (Å²) in [5, 5.41) is 1.28. The van der Waals surface area contributed by atoms with Crippen molar-refractivity contribution in [3.8, 4) is 0 Å². The van der Waals surface area contributed by atoms with Crippen molar-refractivity contribution in [2.24, 2.45) is 5.92 Å². The Morgan fingerprint density at radius 1 is 1.30 bits per heavy atom. The third-order valence-corrected chi connectivity index (χ3v) is 5.95. The molecule has 0 saturated heterocycles. The van der Waals surface area contributed by atoms with Gasteiger partial charge in [-0.3, -0.25) is 0 Å². The van der Waals surface area contributed by atoms with Crippen LogP contribution in [0.2, 0.25) is 0 Å². The van der Waals surface area contributed by atoms with Gasteiger partial charge in [0.05, 0.1) is 0 Å². The lowest BCUT2D eigenvalue weighted by molar-refractivity contribution is 0.318. The minimum Gasteiger partial charge on any atom is -0.398 e. The number of nitrogens with two attached hydrogens (primary N) is 1. The van der Waals surface area contributed by atoms with Crippen LogP contribution in [0.5, 0.6) is 0 Å². The molecule has 0 spiro atoms. The van der Waals surface area contributed by atoms with Gasteiger partial charge in [0, 0.05) is 34.7 Å². The minimum absolute atomic E-state index is 0.740. The van der Waals surface area contributed by atoms with Gasteiger partial charge in [-0.15, -0.1) is 11.3 Å². The van der Waals surface area contributed by atoms with E-state index < -0.39 is 0 Å². The molecule has 4 heteroatoms. The average molecular weight is 287 g/mol. The molecule has 0 radical (unpaired) electrons. The van der Waals surface area contributed by atoms with Crippen LogP contribution in [0, 0.1) is 5.92 Å². The van der Waals surface area contributed by atoms with Crippen molar-refractivity contribution in [1.29, 1.82) is 0 Å².